The molecule has 0 unspecified atom stereocenters. The smallest absolute Gasteiger partial charge is 0.0180 e. The Morgan fingerprint density at radius 1 is 1.08 bits per heavy atom. The quantitative estimate of drug-likeness (QED) is 0.719. The molecule has 0 aliphatic rings. The lowest BCUT2D eigenvalue weighted by atomic mass is 9.99. The van der Waals surface area contributed by atoms with Crippen LogP contribution in [0.3, 0.4) is 0 Å². The van der Waals surface area contributed by atoms with Crippen molar-refractivity contribution >= 4 is 15.9 Å². The zero-order valence-electron chi connectivity index (χ0n) is 7.95. The number of hydrogen-bond donors (Lipinski definition) is 0. The van der Waals surface area contributed by atoms with E-state index < -0.39 is 0 Å². The Bertz CT molecular complexity index is 251. The van der Waals surface area contributed by atoms with Crippen molar-refractivity contribution < 1.29 is 0 Å². The molecule has 1 rings (SSSR count). The molecule has 0 aliphatic heterocycles. The number of halogens is 1. The van der Waals surface area contributed by atoms with Crippen LogP contribution in [0.1, 0.15) is 30.5 Å². The molecule has 0 saturated heterocycles. The normalized spacial score (nSPS) is 10.3. The lowest BCUT2D eigenvalue weighted by Crippen LogP contribution is -1.93. The van der Waals surface area contributed by atoms with Crippen molar-refractivity contribution in [3.63, 3.8) is 0 Å². The summed E-state index contributed by atoms with van der Waals surface area (Å²) in [6, 6.07) is 4.43. The Morgan fingerprint density at radius 2 is 1.50 bits per heavy atom. The van der Waals surface area contributed by atoms with Crippen LogP contribution in [0.2, 0.25) is 0 Å². The maximum Gasteiger partial charge on any atom is 0.0180 e. The Hall–Kier alpha value is -0.300. The van der Waals surface area contributed by atoms with Crippen molar-refractivity contribution in [3.05, 3.63) is 33.3 Å². The van der Waals surface area contributed by atoms with Gasteiger partial charge in [0.15, 0.2) is 0 Å². The van der Waals surface area contributed by atoms with E-state index in [0.717, 1.165) is 12.8 Å². The first-order valence-electron chi connectivity index (χ1n) is 4.47. The van der Waals surface area contributed by atoms with E-state index in [-0.39, 0.29) is 0 Å². The van der Waals surface area contributed by atoms with Crippen LogP contribution in [0, 0.1) is 6.92 Å². The third kappa shape index (κ3) is 1.89. The van der Waals surface area contributed by atoms with Gasteiger partial charge in [-0.25, -0.2) is 0 Å². The topological polar surface area (TPSA) is 0 Å². The number of aryl methyl sites for hydroxylation is 2. The van der Waals surface area contributed by atoms with Gasteiger partial charge in [0.25, 0.3) is 0 Å². The number of hydrogen-bond acceptors (Lipinski definition) is 0. The summed E-state index contributed by atoms with van der Waals surface area (Å²) >= 11 is 3.53. The number of benzene rings is 1. The van der Waals surface area contributed by atoms with Crippen LogP contribution >= 0.6 is 15.9 Å². The fourth-order valence-electron chi connectivity index (χ4n) is 1.53. The van der Waals surface area contributed by atoms with E-state index in [1.165, 1.54) is 21.2 Å². The summed E-state index contributed by atoms with van der Waals surface area (Å²) in [6.45, 7) is 6.62. The highest BCUT2D eigenvalue weighted by atomic mass is 79.9. The first-order chi connectivity index (χ1) is 5.69. The summed E-state index contributed by atoms with van der Waals surface area (Å²) in [5.74, 6) is 0. The van der Waals surface area contributed by atoms with E-state index in [1.807, 2.05) is 0 Å². The molecule has 0 fully saturated rings. The molecule has 0 nitrogen and oxygen atoms in total. The summed E-state index contributed by atoms with van der Waals surface area (Å²) in [4.78, 5) is 0. The highest BCUT2D eigenvalue weighted by Gasteiger charge is 2.02. The zero-order chi connectivity index (χ0) is 9.14. The summed E-state index contributed by atoms with van der Waals surface area (Å²) in [6.07, 6.45) is 2.25. The highest BCUT2D eigenvalue weighted by Crippen LogP contribution is 2.21. The van der Waals surface area contributed by atoms with Crippen molar-refractivity contribution in [2.45, 2.75) is 33.6 Å². The predicted octanol–water partition coefficient (Wildman–Crippen LogP) is 3.88. The molecule has 66 valence electrons. The third-order valence-electron chi connectivity index (χ3n) is 2.35. The van der Waals surface area contributed by atoms with Crippen LogP contribution in [0.25, 0.3) is 0 Å². The van der Waals surface area contributed by atoms with E-state index in [9.17, 15) is 0 Å². The number of rotatable bonds is 2. The first kappa shape index (κ1) is 9.79. The minimum absolute atomic E-state index is 1.12. The lowest BCUT2D eigenvalue weighted by Gasteiger charge is -2.09. The van der Waals surface area contributed by atoms with Crippen molar-refractivity contribution in [1.29, 1.82) is 0 Å². The first-order valence-corrected chi connectivity index (χ1v) is 5.26. The van der Waals surface area contributed by atoms with E-state index >= 15 is 0 Å². The van der Waals surface area contributed by atoms with Gasteiger partial charge in [-0.15, -0.1) is 0 Å². The lowest BCUT2D eigenvalue weighted by molar-refractivity contribution is 1.04. The monoisotopic (exact) mass is 226 g/mol. The van der Waals surface area contributed by atoms with E-state index in [4.69, 9.17) is 0 Å². The van der Waals surface area contributed by atoms with E-state index in [2.05, 4.69) is 48.8 Å². The Morgan fingerprint density at radius 3 is 1.83 bits per heavy atom. The molecule has 0 spiro atoms. The summed E-state index contributed by atoms with van der Waals surface area (Å²) in [5.41, 5.74) is 4.38. The van der Waals surface area contributed by atoms with Crippen molar-refractivity contribution in [1.82, 2.24) is 0 Å². The molecule has 1 aromatic carbocycles. The second kappa shape index (κ2) is 4.08. The summed E-state index contributed by atoms with van der Waals surface area (Å²) in [5, 5.41) is 0. The molecule has 0 aliphatic carbocycles. The van der Waals surface area contributed by atoms with Crippen LogP contribution in [0.5, 0.6) is 0 Å². The van der Waals surface area contributed by atoms with Crippen LogP contribution < -0.4 is 0 Å². The molecular weight excluding hydrogens is 212 g/mol. The average Bonchev–Trinajstić information content (AvgIpc) is 2.08. The van der Waals surface area contributed by atoms with Crippen LogP contribution in [-0.2, 0) is 12.8 Å². The van der Waals surface area contributed by atoms with E-state index in [0.29, 0.717) is 0 Å². The molecule has 0 atom stereocenters. The second-order valence-corrected chi connectivity index (χ2v) is 3.97. The van der Waals surface area contributed by atoms with Crippen molar-refractivity contribution in [2.75, 3.05) is 0 Å². The van der Waals surface area contributed by atoms with Gasteiger partial charge in [-0.05, 0) is 48.6 Å². The zero-order valence-corrected chi connectivity index (χ0v) is 9.53. The largest absolute Gasteiger partial charge is 0.0613 e. The molecule has 0 aromatic heterocycles. The molecule has 0 heterocycles. The van der Waals surface area contributed by atoms with Crippen LogP contribution in [0.4, 0.5) is 0 Å². The maximum atomic E-state index is 3.53. The van der Waals surface area contributed by atoms with E-state index in [1.54, 1.807) is 0 Å². The Labute approximate surface area is 83.1 Å². The SMILES string of the molecule is CCc1cc(Br)cc(CC)c1C. The average molecular weight is 227 g/mol. The second-order valence-electron chi connectivity index (χ2n) is 3.06. The molecule has 0 saturated carbocycles. The molecule has 12 heavy (non-hydrogen) atoms. The van der Waals surface area contributed by atoms with Crippen LogP contribution in [0.15, 0.2) is 16.6 Å². The summed E-state index contributed by atoms with van der Waals surface area (Å²) < 4.78 is 1.21. The van der Waals surface area contributed by atoms with Gasteiger partial charge < -0.3 is 0 Å². The predicted molar refractivity (Wildman–Crippen MR) is 57.6 cm³/mol. The van der Waals surface area contributed by atoms with Gasteiger partial charge in [-0.1, -0.05) is 29.8 Å². The molecule has 1 aromatic rings. The van der Waals surface area contributed by atoms with Crippen molar-refractivity contribution in [2.24, 2.45) is 0 Å². The van der Waals surface area contributed by atoms with Gasteiger partial charge in [0.05, 0.1) is 0 Å². The fraction of sp³-hybridized carbons (Fsp3) is 0.455. The maximum absolute atomic E-state index is 3.53. The highest BCUT2D eigenvalue weighted by molar-refractivity contribution is 9.10. The molecular formula is C11H15Br. The minimum Gasteiger partial charge on any atom is -0.0613 e. The fourth-order valence-corrected chi connectivity index (χ4v) is 2.08. The van der Waals surface area contributed by atoms with Gasteiger partial charge in [0.2, 0.25) is 0 Å². The molecule has 0 radical (unpaired) electrons. The standard InChI is InChI=1S/C11H15Br/c1-4-9-6-11(12)7-10(5-2)8(9)3/h6-7H,4-5H2,1-3H3. The Kier molecular flexibility index (Phi) is 3.33. The molecule has 1 heteroatoms. The van der Waals surface area contributed by atoms with Gasteiger partial charge in [-0.2, -0.15) is 0 Å². The molecule has 0 amide bonds. The van der Waals surface area contributed by atoms with Gasteiger partial charge in [-0.3, -0.25) is 0 Å². The molecule has 0 N–H and O–H groups in total. The summed E-state index contributed by atoms with van der Waals surface area (Å²) in [7, 11) is 0. The van der Waals surface area contributed by atoms with Crippen LogP contribution in [-0.4, -0.2) is 0 Å². The van der Waals surface area contributed by atoms with Crippen molar-refractivity contribution in [3.8, 4) is 0 Å². The third-order valence-corrected chi connectivity index (χ3v) is 2.81. The molecule has 0 bridgehead atoms. The minimum atomic E-state index is 1.12. The Balaban J connectivity index is 3.22. The van der Waals surface area contributed by atoms with Gasteiger partial charge >= 0.3 is 0 Å². The van der Waals surface area contributed by atoms with Gasteiger partial charge in [0, 0.05) is 4.47 Å². The van der Waals surface area contributed by atoms with Gasteiger partial charge in [0.1, 0.15) is 0 Å².